The standard InChI is InChI=1S/C18H13N3OS/c19-18-16-10-15(7-8-17(16)20-11-21-18)23(22)14-6-5-12-3-1-2-4-13(12)9-14/h1-11H,(H2,19,20,21)/t23-/m0/s1. The van der Waals surface area contributed by atoms with Gasteiger partial charge in [-0.3, -0.25) is 0 Å². The van der Waals surface area contributed by atoms with Crippen molar-refractivity contribution in [2.75, 3.05) is 5.73 Å². The SMILES string of the molecule is Nc1ncnc2ccc([S@@](=O)c3ccc4ccccc4c3)cc12. The van der Waals surface area contributed by atoms with E-state index in [-0.39, 0.29) is 0 Å². The number of hydrogen-bond donors (Lipinski definition) is 1. The van der Waals surface area contributed by atoms with Gasteiger partial charge in [-0.2, -0.15) is 0 Å². The van der Waals surface area contributed by atoms with E-state index in [9.17, 15) is 4.21 Å². The van der Waals surface area contributed by atoms with Crippen LogP contribution in [0.5, 0.6) is 0 Å². The molecule has 0 bridgehead atoms. The van der Waals surface area contributed by atoms with E-state index >= 15 is 0 Å². The van der Waals surface area contributed by atoms with Gasteiger partial charge in [-0.15, -0.1) is 0 Å². The number of hydrogen-bond acceptors (Lipinski definition) is 4. The highest BCUT2D eigenvalue weighted by Crippen LogP contribution is 2.25. The zero-order valence-electron chi connectivity index (χ0n) is 12.1. The Morgan fingerprint density at radius 1 is 0.826 bits per heavy atom. The molecule has 2 N–H and O–H groups in total. The van der Waals surface area contributed by atoms with Gasteiger partial charge in [0.2, 0.25) is 0 Å². The molecule has 4 aromatic rings. The third-order valence-corrected chi connectivity index (χ3v) is 5.15. The fourth-order valence-corrected chi connectivity index (χ4v) is 3.70. The van der Waals surface area contributed by atoms with E-state index in [1.54, 1.807) is 6.07 Å². The summed E-state index contributed by atoms with van der Waals surface area (Å²) in [4.78, 5) is 9.61. The predicted octanol–water partition coefficient (Wildman–Crippen LogP) is 3.53. The van der Waals surface area contributed by atoms with Crippen LogP contribution in [0.15, 0.2) is 76.8 Å². The lowest BCUT2D eigenvalue weighted by Crippen LogP contribution is -1.97. The van der Waals surface area contributed by atoms with Crippen molar-refractivity contribution in [3.8, 4) is 0 Å². The molecule has 4 rings (SSSR count). The molecule has 0 saturated carbocycles. The van der Waals surface area contributed by atoms with Crippen LogP contribution < -0.4 is 5.73 Å². The lowest BCUT2D eigenvalue weighted by Gasteiger charge is -2.06. The van der Waals surface area contributed by atoms with E-state index < -0.39 is 10.8 Å². The number of nitrogens with two attached hydrogens (primary N) is 1. The molecular weight excluding hydrogens is 306 g/mol. The van der Waals surface area contributed by atoms with Crippen LogP contribution in [-0.4, -0.2) is 14.2 Å². The molecule has 0 spiro atoms. The molecule has 0 saturated heterocycles. The van der Waals surface area contributed by atoms with Gasteiger partial charge in [0.25, 0.3) is 0 Å². The van der Waals surface area contributed by atoms with Gasteiger partial charge in [0, 0.05) is 15.2 Å². The summed E-state index contributed by atoms with van der Waals surface area (Å²) in [5, 5.41) is 2.92. The average Bonchev–Trinajstić information content (AvgIpc) is 2.61. The Morgan fingerprint density at radius 2 is 1.57 bits per heavy atom. The molecule has 1 atom stereocenters. The molecule has 3 aromatic carbocycles. The van der Waals surface area contributed by atoms with E-state index in [2.05, 4.69) is 9.97 Å². The second kappa shape index (κ2) is 5.44. The molecule has 0 aliphatic carbocycles. The van der Waals surface area contributed by atoms with Crippen molar-refractivity contribution < 1.29 is 4.21 Å². The first-order valence-corrected chi connectivity index (χ1v) is 8.28. The first-order valence-electron chi connectivity index (χ1n) is 7.13. The first-order chi connectivity index (χ1) is 11.2. The Morgan fingerprint density at radius 3 is 2.43 bits per heavy atom. The fraction of sp³-hybridized carbons (Fsp3) is 0. The topological polar surface area (TPSA) is 68.9 Å². The summed E-state index contributed by atoms with van der Waals surface area (Å²) < 4.78 is 12.9. The summed E-state index contributed by atoms with van der Waals surface area (Å²) in [6.45, 7) is 0. The second-order valence-electron chi connectivity index (χ2n) is 5.22. The highest BCUT2D eigenvalue weighted by molar-refractivity contribution is 7.85. The quantitative estimate of drug-likeness (QED) is 0.613. The number of rotatable bonds is 2. The number of benzene rings is 3. The minimum atomic E-state index is -1.28. The second-order valence-corrected chi connectivity index (χ2v) is 6.70. The summed E-state index contributed by atoms with van der Waals surface area (Å²) >= 11 is 0. The molecule has 0 aliphatic heterocycles. The van der Waals surface area contributed by atoms with Gasteiger partial charge in [0.05, 0.1) is 16.3 Å². The van der Waals surface area contributed by atoms with Gasteiger partial charge in [-0.05, 0) is 41.1 Å². The molecule has 0 unspecified atom stereocenters. The molecule has 4 nitrogen and oxygen atoms in total. The van der Waals surface area contributed by atoms with E-state index in [4.69, 9.17) is 5.73 Å². The van der Waals surface area contributed by atoms with E-state index in [0.717, 1.165) is 26.6 Å². The third kappa shape index (κ3) is 2.45. The Kier molecular flexibility index (Phi) is 3.28. The van der Waals surface area contributed by atoms with Gasteiger partial charge in [0.1, 0.15) is 12.1 Å². The van der Waals surface area contributed by atoms with Crippen LogP contribution in [0.3, 0.4) is 0 Å². The lowest BCUT2D eigenvalue weighted by atomic mass is 10.1. The molecular formula is C18H13N3OS. The molecule has 5 heteroatoms. The molecule has 0 amide bonds. The maximum atomic E-state index is 12.9. The van der Waals surface area contributed by atoms with Crippen molar-refractivity contribution >= 4 is 38.3 Å². The zero-order valence-corrected chi connectivity index (χ0v) is 13.0. The number of aromatic nitrogens is 2. The number of anilines is 1. The molecule has 1 heterocycles. The molecule has 0 aliphatic rings. The minimum absolute atomic E-state index is 0.396. The van der Waals surface area contributed by atoms with Gasteiger partial charge in [-0.25, -0.2) is 14.2 Å². The number of nitrogen functional groups attached to an aromatic ring is 1. The summed E-state index contributed by atoms with van der Waals surface area (Å²) in [6, 6.07) is 19.3. The molecule has 0 fully saturated rings. The van der Waals surface area contributed by atoms with Gasteiger partial charge in [-0.1, -0.05) is 30.3 Å². The van der Waals surface area contributed by atoms with Crippen molar-refractivity contribution in [2.24, 2.45) is 0 Å². The Bertz CT molecular complexity index is 1060. The third-order valence-electron chi connectivity index (χ3n) is 3.79. The van der Waals surface area contributed by atoms with Crippen molar-refractivity contribution in [2.45, 2.75) is 9.79 Å². The molecule has 1 aromatic heterocycles. The zero-order chi connectivity index (χ0) is 15.8. The highest BCUT2D eigenvalue weighted by Gasteiger charge is 2.10. The van der Waals surface area contributed by atoms with Crippen molar-refractivity contribution in [3.63, 3.8) is 0 Å². The monoisotopic (exact) mass is 319 g/mol. The Labute approximate surface area is 135 Å². The number of fused-ring (bicyclic) bond motifs is 2. The van der Waals surface area contributed by atoms with Crippen LogP contribution in [0.1, 0.15) is 0 Å². The van der Waals surface area contributed by atoms with E-state index in [0.29, 0.717) is 10.7 Å². The fourth-order valence-electron chi connectivity index (χ4n) is 2.59. The van der Waals surface area contributed by atoms with E-state index in [1.165, 1.54) is 6.33 Å². The van der Waals surface area contributed by atoms with Crippen LogP contribution in [0.2, 0.25) is 0 Å². The normalized spacial score (nSPS) is 12.5. The first kappa shape index (κ1) is 13.8. The van der Waals surface area contributed by atoms with Crippen LogP contribution in [0, 0.1) is 0 Å². The minimum Gasteiger partial charge on any atom is -0.383 e. The summed E-state index contributed by atoms with van der Waals surface area (Å²) in [7, 11) is -1.28. The maximum Gasteiger partial charge on any atom is 0.134 e. The molecule has 0 radical (unpaired) electrons. The summed E-state index contributed by atoms with van der Waals surface area (Å²) in [5.41, 5.74) is 6.64. The summed E-state index contributed by atoms with van der Waals surface area (Å²) in [6.07, 6.45) is 1.43. The van der Waals surface area contributed by atoms with Crippen LogP contribution in [0.25, 0.3) is 21.7 Å². The summed E-state index contributed by atoms with van der Waals surface area (Å²) in [5.74, 6) is 0.396. The maximum absolute atomic E-state index is 12.9. The Balaban J connectivity index is 1.82. The van der Waals surface area contributed by atoms with Gasteiger partial charge >= 0.3 is 0 Å². The predicted molar refractivity (Wildman–Crippen MR) is 92.6 cm³/mol. The number of nitrogens with zero attached hydrogens (tertiary/aromatic N) is 2. The highest BCUT2D eigenvalue weighted by atomic mass is 32.2. The largest absolute Gasteiger partial charge is 0.383 e. The molecule has 112 valence electrons. The molecule has 23 heavy (non-hydrogen) atoms. The van der Waals surface area contributed by atoms with Crippen molar-refractivity contribution in [1.82, 2.24) is 9.97 Å². The Hall–Kier alpha value is -2.79. The van der Waals surface area contributed by atoms with Crippen LogP contribution in [0.4, 0.5) is 5.82 Å². The van der Waals surface area contributed by atoms with Crippen molar-refractivity contribution in [3.05, 3.63) is 67.0 Å². The van der Waals surface area contributed by atoms with Crippen LogP contribution in [-0.2, 0) is 10.8 Å². The van der Waals surface area contributed by atoms with Crippen LogP contribution >= 0.6 is 0 Å². The van der Waals surface area contributed by atoms with Gasteiger partial charge < -0.3 is 5.73 Å². The van der Waals surface area contributed by atoms with Gasteiger partial charge in [0.15, 0.2) is 0 Å². The smallest absolute Gasteiger partial charge is 0.134 e. The van der Waals surface area contributed by atoms with E-state index in [1.807, 2.05) is 54.6 Å². The lowest BCUT2D eigenvalue weighted by molar-refractivity contribution is 0.683. The van der Waals surface area contributed by atoms with Crippen molar-refractivity contribution in [1.29, 1.82) is 0 Å². The average molecular weight is 319 g/mol.